The summed E-state index contributed by atoms with van der Waals surface area (Å²) in [4.78, 5) is 37.0. The lowest BCUT2D eigenvalue weighted by atomic mass is 10.0. The van der Waals surface area contributed by atoms with E-state index in [1.165, 1.54) is 7.11 Å². The molecule has 0 radical (unpaired) electrons. The maximum absolute atomic E-state index is 12.7. The van der Waals surface area contributed by atoms with Crippen LogP contribution >= 0.6 is 24.0 Å². The van der Waals surface area contributed by atoms with E-state index in [4.69, 9.17) is 21.7 Å². The summed E-state index contributed by atoms with van der Waals surface area (Å²) in [6.07, 6.45) is 0. The summed E-state index contributed by atoms with van der Waals surface area (Å²) in [6, 6.07) is 7.62. The van der Waals surface area contributed by atoms with Gasteiger partial charge >= 0.3 is 5.97 Å². The van der Waals surface area contributed by atoms with E-state index in [-0.39, 0.29) is 10.3 Å². The van der Waals surface area contributed by atoms with Gasteiger partial charge in [0, 0.05) is 5.56 Å². The summed E-state index contributed by atoms with van der Waals surface area (Å²) >= 11 is 5.96. The van der Waals surface area contributed by atoms with Gasteiger partial charge < -0.3 is 20.1 Å². The molecule has 0 aliphatic rings. The molecule has 0 fully saturated rings. The van der Waals surface area contributed by atoms with Gasteiger partial charge in [0.15, 0.2) is 5.37 Å². The topological polar surface area (TPSA) is 93.7 Å². The minimum atomic E-state index is -1.07. The maximum Gasteiger partial charge on any atom is 0.328 e. The average Bonchev–Trinajstić information content (AvgIpc) is 2.65. The highest BCUT2D eigenvalue weighted by Gasteiger charge is 2.31. The third-order valence-corrected chi connectivity index (χ3v) is 4.72. The molecule has 0 spiro atoms. The number of hydrogen-bond donors (Lipinski definition) is 2. The first-order valence-corrected chi connectivity index (χ1v) is 9.66. The van der Waals surface area contributed by atoms with Gasteiger partial charge in [-0.2, -0.15) is 0 Å². The Hall–Kier alpha value is -2.13. The highest BCUT2D eigenvalue weighted by Crippen LogP contribution is 2.15. The Balaban J connectivity index is 2.95. The van der Waals surface area contributed by atoms with Crippen molar-refractivity contribution >= 4 is 46.1 Å². The quantitative estimate of drug-likeness (QED) is 0.384. The summed E-state index contributed by atoms with van der Waals surface area (Å²) in [5, 5.41) is 4.16. The van der Waals surface area contributed by atoms with E-state index in [1.54, 1.807) is 51.1 Å². The highest BCUT2D eigenvalue weighted by molar-refractivity contribution is 8.23. The van der Waals surface area contributed by atoms with Gasteiger partial charge in [0.25, 0.3) is 11.8 Å². The van der Waals surface area contributed by atoms with Crippen molar-refractivity contribution < 1.29 is 23.9 Å². The molecule has 0 heterocycles. The van der Waals surface area contributed by atoms with Gasteiger partial charge in [-0.05, 0) is 49.0 Å². The van der Waals surface area contributed by atoms with Crippen LogP contribution in [0, 0.1) is 5.92 Å². The Morgan fingerprint density at radius 3 is 2.30 bits per heavy atom. The number of carbonyl (C=O) groups excluding carboxylic acids is 3. The molecule has 2 atom stereocenters. The van der Waals surface area contributed by atoms with Crippen molar-refractivity contribution in [1.29, 1.82) is 0 Å². The molecule has 1 aromatic carbocycles. The van der Waals surface area contributed by atoms with Crippen LogP contribution in [0.3, 0.4) is 0 Å². The number of nitrogens with one attached hydrogen (secondary N) is 2. The molecule has 0 saturated heterocycles. The number of ether oxygens (including phenoxy) is 2. The molecule has 27 heavy (non-hydrogen) atoms. The smallest absolute Gasteiger partial charge is 0.328 e. The lowest BCUT2D eigenvalue weighted by Gasteiger charge is -2.24. The Kier molecular flexibility index (Phi) is 9.81. The summed E-state index contributed by atoms with van der Waals surface area (Å²) in [6.45, 7) is 5.65. The summed E-state index contributed by atoms with van der Waals surface area (Å²) in [7, 11) is 1.25. The SMILES string of the molecule is CCOC(=S)S[C@H](NC(=O)c1ccccc1)C(=O)N[C@H](C(=O)OC)C(C)C. The molecule has 2 amide bonds. The molecule has 7 nitrogen and oxygen atoms in total. The number of amides is 2. The molecular formula is C18H24N2O5S2. The van der Waals surface area contributed by atoms with Crippen LogP contribution in [0.5, 0.6) is 0 Å². The second-order valence-electron chi connectivity index (χ2n) is 5.77. The van der Waals surface area contributed by atoms with Crippen molar-refractivity contribution in [2.75, 3.05) is 13.7 Å². The zero-order valence-corrected chi connectivity index (χ0v) is 17.3. The first-order valence-electron chi connectivity index (χ1n) is 8.37. The summed E-state index contributed by atoms with van der Waals surface area (Å²) in [5.41, 5.74) is 0.395. The predicted octanol–water partition coefficient (Wildman–Crippen LogP) is 2.11. The van der Waals surface area contributed by atoms with Gasteiger partial charge in [0.1, 0.15) is 6.04 Å². The molecule has 1 aromatic rings. The largest absolute Gasteiger partial charge is 0.479 e. The number of hydrogen-bond acceptors (Lipinski definition) is 7. The fraction of sp³-hybridized carbons (Fsp3) is 0.444. The van der Waals surface area contributed by atoms with Crippen molar-refractivity contribution in [2.45, 2.75) is 32.2 Å². The number of thiocarbonyl (C=S) groups is 1. The van der Waals surface area contributed by atoms with Gasteiger partial charge in [-0.1, -0.05) is 32.0 Å². The monoisotopic (exact) mass is 412 g/mol. The van der Waals surface area contributed by atoms with Crippen LogP contribution in [0.1, 0.15) is 31.1 Å². The first-order chi connectivity index (χ1) is 12.8. The average molecular weight is 413 g/mol. The summed E-state index contributed by atoms with van der Waals surface area (Å²) in [5.74, 6) is -1.78. The van der Waals surface area contributed by atoms with Gasteiger partial charge in [0.2, 0.25) is 4.38 Å². The third kappa shape index (κ3) is 7.56. The van der Waals surface area contributed by atoms with Crippen molar-refractivity contribution in [3.8, 4) is 0 Å². The van der Waals surface area contributed by atoms with E-state index in [2.05, 4.69) is 10.6 Å². The lowest BCUT2D eigenvalue weighted by molar-refractivity contribution is -0.146. The van der Waals surface area contributed by atoms with E-state index in [1.807, 2.05) is 0 Å². The van der Waals surface area contributed by atoms with E-state index >= 15 is 0 Å². The molecular weight excluding hydrogens is 388 g/mol. The molecule has 2 N–H and O–H groups in total. The fourth-order valence-electron chi connectivity index (χ4n) is 2.04. The molecule has 9 heteroatoms. The normalized spacial score (nSPS) is 12.6. The molecule has 0 aliphatic heterocycles. The summed E-state index contributed by atoms with van der Waals surface area (Å²) < 4.78 is 10.0. The molecule has 1 rings (SSSR count). The molecule has 0 unspecified atom stereocenters. The Morgan fingerprint density at radius 2 is 1.78 bits per heavy atom. The number of rotatable bonds is 8. The first kappa shape index (κ1) is 22.9. The van der Waals surface area contributed by atoms with Crippen LogP contribution in [0.2, 0.25) is 0 Å². The van der Waals surface area contributed by atoms with Crippen LogP contribution in [-0.2, 0) is 19.1 Å². The molecule has 0 aromatic heterocycles. The fourth-order valence-corrected chi connectivity index (χ4v) is 3.17. The number of thioether (sulfide) groups is 1. The zero-order valence-electron chi connectivity index (χ0n) is 15.7. The Bertz CT molecular complexity index is 667. The lowest BCUT2D eigenvalue weighted by Crippen LogP contribution is -2.52. The second-order valence-corrected chi connectivity index (χ2v) is 7.48. The standard InChI is InChI=1S/C18H24N2O5S2/c1-5-25-18(26)27-16(20-14(21)12-9-7-6-8-10-12)15(22)19-13(11(2)3)17(23)24-4/h6-11,13,16H,5H2,1-4H3,(H,19,22)(H,20,21)/t13-,16-/m0/s1. The zero-order chi connectivity index (χ0) is 20.4. The second kappa shape index (κ2) is 11.6. The molecule has 0 bridgehead atoms. The van der Waals surface area contributed by atoms with Gasteiger partial charge in [0.05, 0.1) is 13.7 Å². The minimum absolute atomic E-state index is 0.116. The number of methoxy groups -OCH3 is 1. The molecule has 0 aliphatic carbocycles. The predicted molar refractivity (Wildman–Crippen MR) is 108 cm³/mol. The maximum atomic E-state index is 12.7. The van der Waals surface area contributed by atoms with Crippen LogP contribution < -0.4 is 10.6 Å². The van der Waals surface area contributed by atoms with Crippen LogP contribution in [0.15, 0.2) is 30.3 Å². The highest BCUT2D eigenvalue weighted by atomic mass is 32.2. The molecule has 148 valence electrons. The van der Waals surface area contributed by atoms with Crippen LogP contribution in [0.4, 0.5) is 0 Å². The van der Waals surface area contributed by atoms with Crippen molar-refractivity contribution in [3.63, 3.8) is 0 Å². The van der Waals surface area contributed by atoms with Crippen LogP contribution in [-0.4, -0.2) is 47.3 Å². The van der Waals surface area contributed by atoms with Gasteiger partial charge in [-0.3, -0.25) is 9.59 Å². The van der Waals surface area contributed by atoms with Crippen molar-refractivity contribution in [2.24, 2.45) is 5.92 Å². The van der Waals surface area contributed by atoms with Crippen molar-refractivity contribution in [1.82, 2.24) is 10.6 Å². The number of carbonyl (C=O) groups is 3. The number of benzene rings is 1. The Labute approximate surface area is 168 Å². The van der Waals surface area contributed by atoms with E-state index in [0.29, 0.717) is 12.2 Å². The van der Waals surface area contributed by atoms with E-state index in [0.717, 1.165) is 11.8 Å². The van der Waals surface area contributed by atoms with E-state index in [9.17, 15) is 14.4 Å². The van der Waals surface area contributed by atoms with E-state index < -0.39 is 29.2 Å². The number of esters is 1. The van der Waals surface area contributed by atoms with Crippen molar-refractivity contribution in [3.05, 3.63) is 35.9 Å². The van der Waals surface area contributed by atoms with Crippen LogP contribution in [0.25, 0.3) is 0 Å². The van der Waals surface area contributed by atoms with Gasteiger partial charge in [-0.15, -0.1) is 0 Å². The molecule has 0 saturated carbocycles. The third-order valence-electron chi connectivity index (χ3n) is 3.43. The Morgan fingerprint density at radius 1 is 1.15 bits per heavy atom. The van der Waals surface area contributed by atoms with Gasteiger partial charge in [-0.25, -0.2) is 4.79 Å². The minimum Gasteiger partial charge on any atom is -0.479 e.